The molecule has 1 rings (SSSR count). The Labute approximate surface area is 107 Å². The molecule has 0 atom stereocenters. The van der Waals surface area contributed by atoms with Gasteiger partial charge in [0.25, 0.3) is 5.91 Å². The molecule has 1 aromatic rings. The van der Waals surface area contributed by atoms with Crippen molar-refractivity contribution in [3.8, 4) is 0 Å². The lowest BCUT2D eigenvalue weighted by molar-refractivity contribution is -0.128. The third-order valence-corrected chi connectivity index (χ3v) is 2.50. The van der Waals surface area contributed by atoms with Gasteiger partial charge in [-0.05, 0) is 24.6 Å². The summed E-state index contributed by atoms with van der Waals surface area (Å²) in [5, 5.41) is 2.76. The predicted molar refractivity (Wildman–Crippen MR) is 71.1 cm³/mol. The number of carbonyl (C=O) groups is 2. The molecule has 0 bridgehead atoms. The van der Waals surface area contributed by atoms with Gasteiger partial charge in [0.1, 0.15) is 0 Å². The van der Waals surface area contributed by atoms with E-state index >= 15 is 0 Å². The van der Waals surface area contributed by atoms with Crippen molar-refractivity contribution in [3.05, 3.63) is 29.8 Å². The van der Waals surface area contributed by atoms with Gasteiger partial charge in [0, 0.05) is 38.3 Å². The predicted octanol–water partition coefficient (Wildman–Crippen LogP) is 0.867. The van der Waals surface area contributed by atoms with Crippen LogP contribution in [-0.4, -0.2) is 37.4 Å². The van der Waals surface area contributed by atoms with Crippen molar-refractivity contribution in [2.24, 2.45) is 0 Å². The molecule has 0 saturated heterocycles. The molecule has 0 aliphatic heterocycles. The minimum absolute atomic E-state index is 0.0632. The number of hydrogen-bond donors (Lipinski definition) is 2. The maximum absolute atomic E-state index is 11.7. The Bertz CT molecular complexity index is 430. The van der Waals surface area contributed by atoms with Crippen LogP contribution in [0, 0.1) is 0 Å². The van der Waals surface area contributed by atoms with Crippen LogP contribution in [0.25, 0.3) is 0 Å². The van der Waals surface area contributed by atoms with E-state index in [0.717, 1.165) is 0 Å². The highest BCUT2D eigenvalue weighted by molar-refractivity contribution is 5.94. The first-order valence-electron chi connectivity index (χ1n) is 5.84. The van der Waals surface area contributed by atoms with E-state index < -0.39 is 0 Å². The van der Waals surface area contributed by atoms with Gasteiger partial charge in [-0.2, -0.15) is 0 Å². The maximum Gasteiger partial charge on any atom is 0.251 e. The van der Waals surface area contributed by atoms with E-state index in [1.54, 1.807) is 43.3 Å². The molecule has 0 heterocycles. The number of hydrogen-bond acceptors (Lipinski definition) is 3. The van der Waals surface area contributed by atoms with Gasteiger partial charge in [-0.3, -0.25) is 9.59 Å². The van der Waals surface area contributed by atoms with Gasteiger partial charge >= 0.3 is 0 Å². The molecule has 18 heavy (non-hydrogen) atoms. The van der Waals surface area contributed by atoms with Crippen molar-refractivity contribution in [2.75, 3.05) is 26.4 Å². The van der Waals surface area contributed by atoms with Crippen LogP contribution < -0.4 is 11.1 Å². The summed E-state index contributed by atoms with van der Waals surface area (Å²) in [5.41, 5.74) is 6.69. The minimum atomic E-state index is -0.167. The Balaban J connectivity index is 2.32. The van der Waals surface area contributed by atoms with Gasteiger partial charge in [0.15, 0.2) is 0 Å². The van der Waals surface area contributed by atoms with Gasteiger partial charge in [0.2, 0.25) is 5.91 Å². The van der Waals surface area contributed by atoms with Crippen molar-refractivity contribution in [2.45, 2.75) is 12.8 Å². The van der Waals surface area contributed by atoms with Crippen molar-refractivity contribution in [1.82, 2.24) is 10.2 Å². The fourth-order valence-corrected chi connectivity index (χ4v) is 1.45. The third-order valence-electron chi connectivity index (χ3n) is 2.50. The average Bonchev–Trinajstić information content (AvgIpc) is 2.33. The van der Waals surface area contributed by atoms with Gasteiger partial charge < -0.3 is 16.0 Å². The average molecular weight is 249 g/mol. The molecule has 0 saturated carbocycles. The lowest BCUT2D eigenvalue weighted by Gasteiger charge is -2.10. The van der Waals surface area contributed by atoms with Crippen molar-refractivity contribution >= 4 is 17.5 Å². The second-order valence-electron chi connectivity index (χ2n) is 4.27. The lowest BCUT2D eigenvalue weighted by Crippen LogP contribution is -2.27. The number of nitrogens with zero attached hydrogens (tertiary/aromatic N) is 1. The number of benzene rings is 1. The van der Waals surface area contributed by atoms with E-state index in [4.69, 9.17) is 5.73 Å². The molecule has 0 unspecified atom stereocenters. The summed E-state index contributed by atoms with van der Waals surface area (Å²) in [6.07, 6.45) is 1.06. The highest BCUT2D eigenvalue weighted by Crippen LogP contribution is 2.06. The SMILES string of the molecule is CN(C)C(=O)CCCNC(=O)c1cccc(N)c1. The van der Waals surface area contributed by atoms with E-state index in [2.05, 4.69) is 5.32 Å². The van der Waals surface area contributed by atoms with E-state index in [9.17, 15) is 9.59 Å². The summed E-state index contributed by atoms with van der Waals surface area (Å²) in [6, 6.07) is 6.79. The molecule has 5 heteroatoms. The zero-order valence-electron chi connectivity index (χ0n) is 10.8. The molecule has 0 aliphatic rings. The summed E-state index contributed by atoms with van der Waals surface area (Å²) < 4.78 is 0. The normalized spacial score (nSPS) is 9.89. The molecule has 3 N–H and O–H groups in total. The summed E-state index contributed by atoms with van der Waals surface area (Å²) in [7, 11) is 3.43. The molecule has 1 aromatic carbocycles. The van der Waals surface area contributed by atoms with Crippen LogP contribution in [0.5, 0.6) is 0 Å². The summed E-state index contributed by atoms with van der Waals surface area (Å²) >= 11 is 0. The molecular formula is C13H19N3O2. The fourth-order valence-electron chi connectivity index (χ4n) is 1.45. The van der Waals surface area contributed by atoms with Crippen LogP contribution in [0.4, 0.5) is 5.69 Å². The Morgan fingerprint density at radius 1 is 1.33 bits per heavy atom. The summed E-state index contributed by atoms with van der Waals surface area (Å²) in [6.45, 7) is 0.479. The minimum Gasteiger partial charge on any atom is -0.399 e. The molecule has 0 spiro atoms. The Morgan fingerprint density at radius 2 is 2.06 bits per heavy atom. The second-order valence-corrected chi connectivity index (χ2v) is 4.27. The Kier molecular flexibility index (Phi) is 5.17. The zero-order valence-corrected chi connectivity index (χ0v) is 10.8. The first-order valence-corrected chi connectivity index (χ1v) is 5.84. The van der Waals surface area contributed by atoms with Crippen LogP contribution in [0.3, 0.4) is 0 Å². The van der Waals surface area contributed by atoms with Crippen LogP contribution in [0.2, 0.25) is 0 Å². The van der Waals surface area contributed by atoms with Crippen LogP contribution >= 0.6 is 0 Å². The van der Waals surface area contributed by atoms with Crippen LogP contribution in [0.15, 0.2) is 24.3 Å². The Hall–Kier alpha value is -2.04. The lowest BCUT2D eigenvalue weighted by atomic mass is 10.2. The Morgan fingerprint density at radius 3 is 2.67 bits per heavy atom. The van der Waals surface area contributed by atoms with Crippen molar-refractivity contribution < 1.29 is 9.59 Å². The molecule has 0 aromatic heterocycles. The zero-order chi connectivity index (χ0) is 13.5. The van der Waals surface area contributed by atoms with Crippen LogP contribution in [0.1, 0.15) is 23.2 Å². The van der Waals surface area contributed by atoms with Gasteiger partial charge in [-0.15, -0.1) is 0 Å². The van der Waals surface area contributed by atoms with Gasteiger partial charge in [-0.1, -0.05) is 6.07 Å². The molecule has 0 fully saturated rings. The highest BCUT2D eigenvalue weighted by Gasteiger charge is 2.06. The van der Waals surface area contributed by atoms with E-state index in [1.807, 2.05) is 0 Å². The number of anilines is 1. The van der Waals surface area contributed by atoms with Gasteiger partial charge in [0.05, 0.1) is 0 Å². The largest absolute Gasteiger partial charge is 0.399 e. The van der Waals surface area contributed by atoms with E-state index in [-0.39, 0.29) is 11.8 Å². The number of nitrogens with two attached hydrogens (primary N) is 1. The molecule has 98 valence electrons. The smallest absolute Gasteiger partial charge is 0.251 e. The molecule has 2 amide bonds. The van der Waals surface area contributed by atoms with Crippen LogP contribution in [-0.2, 0) is 4.79 Å². The number of amides is 2. The monoisotopic (exact) mass is 249 g/mol. The first kappa shape index (κ1) is 14.0. The fraction of sp³-hybridized carbons (Fsp3) is 0.385. The molecule has 0 aliphatic carbocycles. The topological polar surface area (TPSA) is 75.4 Å². The number of nitrogens with one attached hydrogen (secondary N) is 1. The first-order chi connectivity index (χ1) is 8.50. The van der Waals surface area contributed by atoms with Crippen molar-refractivity contribution in [1.29, 1.82) is 0 Å². The molecular weight excluding hydrogens is 230 g/mol. The van der Waals surface area contributed by atoms with E-state index in [0.29, 0.717) is 30.6 Å². The number of rotatable bonds is 5. The third kappa shape index (κ3) is 4.45. The molecule has 5 nitrogen and oxygen atoms in total. The van der Waals surface area contributed by atoms with E-state index in [1.165, 1.54) is 0 Å². The summed E-state index contributed by atoms with van der Waals surface area (Å²) in [4.78, 5) is 24.6. The standard InChI is InChI=1S/C13H19N3O2/c1-16(2)12(17)7-4-8-15-13(18)10-5-3-6-11(14)9-10/h3,5-6,9H,4,7-8,14H2,1-2H3,(H,15,18). The maximum atomic E-state index is 11.7. The summed E-state index contributed by atoms with van der Waals surface area (Å²) in [5.74, 6) is -0.104. The van der Waals surface area contributed by atoms with Gasteiger partial charge in [-0.25, -0.2) is 0 Å². The van der Waals surface area contributed by atoms with Crippen molar-refractivity contribution in [3.63, 3.8) is 0 Å². The second kappa shape index (κ2) is 6.64. The molecule has 0 radical (unpaired) electrons. The quantitative estimate of drug-likeness (QED) is 0.600. The number of carbonyl (C=O) groups excluding carboxylic acids is 2. The highest BCUT2D eigenvalue weighted by atomic mass is 16.2. The number of nitrogen functional groups attached to an aromatic ring is 1.